The Morgan fingerprint density at radius 3 is 2.50 bits per heavy atom. The molecule has 3 rings (SSSR count). The second-order valence-electron chi connectivity index (χ2n) is 5.30. The van der Waals surface area contributed by atoms with Gasteiger partial charge in [-0.05, 0) is 37.3 Å². The van der Waals surface area contributed by atoms with Gasteiger partial charge in [-0.25, -0.2) is 0 Å². The molecule has 6 heteroatoms. The molecule has 0 atom stereocenters. The number of fused-ring (bicyclic) bond motifs is 1. The normalized spacial score (nSPS) is 12.6. The van der Waals surface area contributed by atoms with Crippen molar-refractivity contribution in [3.8, 4) is 23.0 Å². The number of hydrogen-bond donors (Lipinski definition) is 0. The van der Waals surface area contributed by atoms with Crippen LogP contribution in [0.1, 0.15) is 22.8 Å². The summed E-state index contributed by atoms with van der Waals surface area (Å²) in [6, 6.07) is 8.91. The van der Waals surface area contributed by atoms with Gasteiger partial charge in [-0.15, -0.1) is 0 Å². The summed E-state index contributed by atoms with van der Waals surface area (Å²) in [5.74, 6) is 2.51. The number of rotatable bonds is 5. The SMILES string of the molecule is COc1cc(C(C)=O)ccc1OCc1cc2c(cc1Br)OCCO2. The highest BCUT2D eigenvalue weighted by Crippen LogP contribution is 2.36. The van der Waals surface area contributed by atoms with Gasteiger partial charge in [0.15, 0.2) is 28.8 Å². The van der Waals surface area contributed by atoms with Gasteiger partial charge < -0.3 is 18.9 Å². The van der Waals surface area contributed by atoms with Crippen LogP contribution in [-0.2, 0) is 6.61 Å². The van der Waals surface area contributed by atoms with E-state index in [4.69, 9.17) is 18.9 Å². The summed E-state index contributed by atoms with van der Waals surface area (Å²) < 4.78 is 23.2. The molecular weight excluding hydrogens is 376 g/mol. The second-order valence-corrected chi connectivity index (χ2v) is 6.15. The smallest absolute Gasteiger partial charge is 0.162 e. The third-order valence-electron chi connectivity index (χ3n) is 3.66. The van der Waals surface area contributed by atoms with Gasteiger partial charge in [-0.3, -0.25) is 4.79 Å². The van der Waals surface area contributed by atoms with E-state index in [0.29, 0.717) is 42.6 Å². The number of hydrogen-bond acceptors (Lipinski definition) is 5. The summed E-state index contributed by atoms with van der Waals surface area (Å²) in [4.78, 5) is 11.5. The summed E-state index contributed by atoms with van der Waals surface area (Å²) in [5.41, 5.74) is 1.51. The van der Waals surface area contributed by atoms with Crippen molar-refractivity contribution in [2.45, 2.75) is 13.5 Å². The summed E-state index contributed by atoms with van der Waals surface area (Å²) in [5, 5.41) is 0. The molecule has 0 spiro atoms. The van der Waals surface area contributed by atoms with Crippen molar-refractivity contribution in [1.82, 2.24) is 0 Å². The summed E-state index contributed by atoms with van der Waals surface area (Å²) in [6.07, 6.45) is 0. The molecule has 0 aliphatic carbocycles. The highest BCUT2D eigenvalue weighted by atomic mass is 79.9. The zero-order valence-electron chi connectivity index (χ0n) is 13.4. The van der Waals surface area contributed by atoms with Crippen LogP contribution in [0.5, 0.6) is 23.0 Å². The standard InChI is InChI=1S/C18H17BrO5/c1-11(20)12-3-4-15(16(7-12)21-2)24-10-13-8-17-18(9-14(13)19)23-6-5-22-17/h3-4,7-9H,5-6,10H2,1-2H3. The zero-order chi connectivity index (χ0) is 17.1. The highest BCUT2D eigenvalue weighted by Gasteiger charge is 2.16. The lowest BCUT2D eigenvalue weighted by Crippen LogP contribution is -2.15. The fraction of sp³-hybridized carbons (Fsp3) is 0.278. The summed E-state index contributed by atoms with van der Waals surface area (Å²) in [6.45, 7) is 2.93. The molecule has 0 radical (unpaired) electrons. The zero-order valence-corrected chi connectivity index (χ0v) is 15.0. The predicted molar refractivity (Wildman–Crippen MR) is 92.5 cm³/mol. The summed E-state index contributed by atoms with van der Waals surface area (Å²) >= 11 is 3.52. The van der Waals surface area contributed by atoms with E-state index in [2.05, 4.69) is 15.9 Å². The Balaban J connectivity index is 1.79. The first-order chi connectivity index (χ1) is 11.6. The van der Waals surface area contributed by atoms with Crippen LogP contribution in [0.25, 0.3) is 0 Å². The average molecular weight is 393 g/mol. The lowest BCUT2D eigenvalue weighted by Gasteiger charge is -2.20. The molecule has 5 nitrogen and oxygen atoms in total. The lowest BCUT2D eigenvalue weighted by atomic mass is 10.1. The molecule has 126 valence electrons. The number of carbonyl (C=O) groups excluding carboxylic acids is 1. The van der Waals surface area contributed by atoms with Gasteiger partial charge in [0, 0.05) is 15.6 Å². The van der Waals surface area contributed by atoms with Crippen LogP contribution in [0.4, 0.5) is 0 Å². The van der Waals surface area contributed by atoms with E-state index >= 15 is 0 Å². The molecule has 0 N–H and O–H groups in total. The van der Waals surface area contributed by atoms with Crippen LogP contribution in [0.2, 0.25) is 0 Å². The summed E-state index contributed by atoms with van der Waals surface area (Å²) in [7, 11) is 1.55. The molecule has 0 fully saturated rings. The first kappa shape index (κ1) is 16.6. The fourth-order valence-electron chi connectivity index (χ4n) is 2.38. The largest absolute Gasteiger partial charge is 0.493 e. The van der Waals surface area contributed by atoms with E-state index in [-0.39, 0.29) is 5.78 Å². The average Bonchev–Trinajstić information content (AvgIpc) is 2.59. The molecule has 0 unspecified atom stereocenters. The van der Waals surface area contributed by atoms with Crippen LogP contribution in [0.15, 0.2) is 34.8 Å². The molecule has 0 saturated heterocycles. The maximum absolute atomic E-state index is 11.5. The van der Waals surface area contributed by atoms with Crippen molar-refractivity contribution in [3.05, 3.63) is 45.9 Å². The Bertz CT molecular complexity index is 772. The molecule has 0 bridgehead atoms. The molecule has 1 heterocycles. The van der Waals surface area contributed by atoms with Gasteiger partial charge in [0.1, 0.15) is 19.8 Å². The van der Waals surface area contributed by atoms with Crippen molar-refractivity contribution in [1.29, 1.82) is 0 Å². The number of ketones is 1. The van der Waals surface area contributed by atoms with Crippen molar-refractivity contribution in [3.63, 3.8) is 0 Å². The van der Waals surface area contributed by atoms with E-state index in [1.165, 1.54) is 6.92 Å². The molecule has 0 aromatic heterocycles. The van der Waals surface area contributed by atoms with Gasteiger partial charge in [0.25, 0.3) is 0 Å². The van der Waals surface area contributed by atoms with Gasteiger partial charge in [0.2, 0.25) is 0 Å². The number of Topliss-reactive ketones (excluding diaryl/α,β-unsaturated/α-hetero) is 1. The third kappa shape index (κ3) is 3.48. The second kappa shape index (κ2) is 7.13. The molecular formula is C18H17BrO5. The number of ether oxygens (including phenoxy) is 4. The minimum atomic E-state index is -0.0190. The van der Waals surface area contributed by atoms with E-state index in [1.54, 1.807) is 25.3 Å². The Morgan fingerprint density at radius 2 is 1.83 bits per heavy atom. The maximum Gasteiger partial charge on any atom is 0.162 e. The van der Waals surface area contributed by atoms with E-state index in [1.807, 2.05) is 12.1 Å². The van der Waals surface area contributed by atoms with Crippen molar-refractivity contribution in [2.75, 3.05) is 20.3 Å². The number of carbonyl (C=O) groups is 1. The van der Waals surface area contributed by atoms with E-state index in [9.17, 15) is 4.79 Å². The van der Waals surface area contributed by atoms with E-state index in [0.717, 1.165) is 15.8 Å². The van der Waals surface area contributed by atoms with Crippen LogP contribution < -0.4 is 18.9 Å². The van der Waals surface area contributed by atoms with Gasteiger partial charge >= 0.3 is 0 Å². The van der Waals surface area contributed by atoms with Crippen LogP contribution >= 0.6 is 15.9 Å². The first-order valence-electron chi connectivity index (χ1n) is 7.48. The topological polar surface area (TPSA) is 54.0 Å². The molecule has 1 aliphatic rings. The highest BCUT2D eigenvalue weighted by molar-refractivity contribution is 9.10. The van der Waals surface area contributed by atoms with Crippen molar-refractivity contribution in [2.24, 2.45) is 0 Å². The van der Waals surface area contributed by atoms with Crippen LogP contribution in [-0.4, -0.2) is 26.1 Å². The Kier molecular flexibility index (Phi) is 4.94. The lowest BCUT2D eigenvalue weighted by molar-refractivity contribution is 0.101. The van der Waals surface area contributed by atoms with Gasteiger partial charge in [0.05, 0.1) is 7.11 Å². The number of methoxy groups -OCH3 is 1. The quantitative estimate of drug-likeness (QED) is 0.719. The Hall–Kier alpha value is -2.21. The minimum absolute atomic E-state index is 0.0190. The van der Waals surface area contributed by atoms with E-state index < -0.39 is 0 Å². The molecule has 24 heavy (non-hydrogen) atoms. The van der Waals surface area contributed by atoms with Crippen LogP contribution in [0.3, 0.4) is 0 Å². The molecule has 0 saturated carbocycles. The molecule has 1 aliphatic heterocycles. The van der Waals surface area contributed by atoms with Crippen LogP contribution in [0, 0.1) is 0 Å². The minimum Gasteiger partial charge on any atom is -0.493 e. The van der Waals surface area contributed by atoms with Crippen molar-refractivity contribution >= 4 is 21.7 Å². The fourth-order valence-corrected chi connectivity index (χ4v) is 2.81. The number of benzene rings is 2. The van der Waals surface area contributed by atoms with Gasteiger partial charge in [-0.1, -0.05) is 15.9 Å². The molecule has 0 amide bonds. The first-order valence-corrected chi connectivity index (χ1v) is 8.27. The maximum atomic E-state index is 11.5. The van der Waals surface area contributed by atoms with Gasteiger partial charge in [-0.2, -0.15) is 0 Å². The van der Waals surface area contributed by atoms with Crippen molar-refractivity contribution < 1.29 is 23.7 Å². The number of halogens is 1. The monoisotopic (exact) mass is 392 g/mol. The predicted octanol–water partition coefficient (Wildman–Crippen LogP) is 4.01. The molecule has 2 aromatic carbocycles. The third-order valence-corrected chi connectivity index (χ3v) is 4.40. The Labute approximate surface area is 148 Å². The Morgan fingerprint density at radius 1 is 1.12 bits per heavy atom. The molecule has 2 aromatic rings.